The zero-order valence-corrected chi connectivity index (χ0v) is 16.9. The van der Waals surface area contributed by atoms with E-state index in [1.807, 2.05) is 30.3 Å². The lowest BCUT2D eigenvalue weighted by molar-refractivity contribution is 0.0923. The van der Waals surface area contributed by atoms with Gasteiger partial charge >= 0.3 is 0 Å². The van der Waals surface area contributed by atoms with Gasteiger partial charge in [-0.1, -0.05) is 48.9 Å². The third kappa shape index (κ3) is 3.92. The predicted octanol–water partition coefficient (Wildman–Crippen LogP) is 3.57. The number of fused-ring (bicyclic) bond motifs is 2. The Hall–Kier alpha value is -2.34. The fourth-order valence-electron chi connectivity index (χ4n) is 4.68. The molecule has 5 nitrogen and oxygen atoms in total. The lowest BCUT2D eigenvalue weighted by atomic mass is 9.95. The summed E-state index contributed by atoms with van der Waals surface area (Å²) in [5, 5.41) is 3.18. The average Bonchev–Trinajstić information content (AvgIpc) is 3.29. The average molecular weight is 399 g/mol. The number of hydrogen-bond acceptors (Lipinski definition) is 3. The van der Waals surface area contributed by atoms with Gasteiger partial charge in [-0.15, -0.1) is 0 Å². The van der Waals surface area contributed by atoms with Crippen molar-refractivity contribution >= 4 is 21.6 Å². The minimum Gasteiger partial charge on any atom is -0.349 e. The second kappa shape index (κ2) is 7.59. The van der Waals surface area contributed by atoms with Crippen LogP contribution in [0.5, 0.6) is 0 Å². The summed E-state index contributed by atoms with van der Waals surface area (Å²) in [5.41, 5.74) is 1.71. The highest BCUT2D eigenvalue weighted by molar-refractivity contribution is 7.92. The number of rotatable bonds is 6. The molecular weight excluding hydrogens is 372 g/mol. The summed E-state index contributed by atoms with van der Waals surface area (Å²) in [6, 6.07) is 16.6. The number of nitrogens with zero attached hydrogens (tertiary/aromatic N) is 1. The molecule has 0 unspecified atom stereocenters. The summed E-state index contributed by atoms with van der Waals surface area (Å²) in [7, 11) is -3.55. The van der Waals surface area contributed by atoms with E-state index >= 15 is 0 Å². The standard InChI is InChI=1S/C22H26N2O3S/c1-28(26,27)24(15-16-7-3-2-4-8-16)21-10-6-5-9-19(21)22(25)23-20-14-17-11-12-18(20)13-17/h2-10,17-18,20H,11-15H2,1H3,(H,23,25)/t17-,18+,20-/m1/s1. The van der Waals surface area contributed by atoms with Crippen molar-refractivity contribution in [1.29, 1.82) is 0 Å². The van der Waals surface area contributed by atoms with Crippen LogP contribution in [0.3, 0.4) is 0 Å². The van der Waals surface area contributed by atoms with Crippen LogP contribution in [0.1, 0.15) is 41.6 Å². The van der Waals surface area contributed by atoms with Crippen molar-refractivity contribution in [1.82, 2.24) is 5.32 Å². The summed E-state index contributed by atoms with van der Waals surface area (Å²) < 4.78 is 26.4. The predicted molar refractivity (Wildman–Crippen MR) is 111 cm³/mol. The normalized spacial score (nSPS) is 23.5. The second-order valence-electron chi connectivity index (χ2n) is 8.03. The number of carbonyl (C=O) groups is 1. The molecule has 4 rings (SSSR count). The maximum absolute atomic E-state index is 13.0. The number of carbonyl (C=O) groups excluding carboxylic acids is 1. The first-order chi connectivity index (χ1) is 13.4. The number of para-hydroxylation sites is 1. The van der Waals surface area contributed by atoms with Gasteiger partial charge in [-0.2, -0.15) is 0 Å². The third-order valence-electron chi connectivity index (χ3n) is 6.04. The van der Waals surface area contributed by atoms with Gasteiger partial charge in [0.25, 0.3) is 5.91 Å². The molecule has 148 valence electrons. The van der Waals surface area contributed by atoms with Gasteiger partial charge in [0.2, 0.25) is 10.0 Å². The van der Waals surface area contributed by atoms with E-state index in [9.17, 15) is 13.2 Å². The second-order valence-corrected chi connectivity index (χ2v) is 9.93. The molecule has 2 aromatic carbocycles. The van der Waals surface area contributed by atoms with E-state index in [1.165, 1.54) is 29.8 Å². The topological polar surface area (TPSA) is 66.5 Å². The zero-order valence-electron chi connectivity index (χ0n) is 16.0. The molecule has 3 atom stereocenters. The first kappa shape index (κ1) is 19.0. The van der Waals surface area contributed by atoms with Crippen LogP contribution in [0, 0.1) is 11.8 Å². The van der Waals surface area contributed by atoms with E-state index in [-0.39, 0.29) is 18.5 Å². The summed E-state index contributed by atoms with van der Waals surface area (Å²) in [6.07, 6.45) is 5.88. The van der Waals surface area contributed by atoms with Gasteiger partial charge in [0, 0.05) is 6.04 Å². The highest BCUT2D eigenvalue weighted by atomic mass is 32.2. The van der Waals surface area contributed by atoms with Crippen molar-refractivity contribution in [2.24, 2.45) is 11.8 Å². The van der Waals surface area contributed by atoms with Gasteiger partial charge in [0.15, 0.2) is 0 Å². The molecule has 2 fully saturated rings. The van der Waals surface area contributed by atoms with Crippen molar-refractivity contribution in [3.05, 3.63) is 65.7 Å². The van der Waals surface area contributed by atoms with Crippen LogP contribution in [0.15, 0.2) is 54.6 Å². The Bertz CT molecular complexity index is 959. The summed E-state index contributed by atoms with van der Waals surface area (Å²) in [6.45, 7) is 0.193. The first-order valence-corrected chi connectivity index (χ1v) is 11.7. The Morgan fingerprint density at radius 1 is 1.04 bits per heavy atom. The number of nitrogens with one attached hydrogen (secondary N) is 1. The number of anilines is 1. The van der Waals surface area contributed by atoms with Crippen LogP contribution >= 0.6 is 0 Å². The maximum Gasteiger partial charge on any atom is 0.253 e. The fourth-order valence-corrected chi connectivity index (χ4v) is 5.58. The molecule has 0 saturated heterocycles. The first-order valence-electron chi connectivity index (χ1n) is 9.83. The number of sulfonamides is 1. The quantitative estimate of drug-likeness (QED) is 0.809. The highest BCUT2D eigenvalue weighted by Crippen LogP contribution is 2.44. The van der Waals surface area contributed by atoms with Gasteiger partial charge in [-0.3, -0.25) is 9.10 Å². The molecule has 2 aliphatic carbocycles. The van der Waals surface area contributed by atoms with E-state index < -0.39 is 10.0 Å². The van der Waals surface area contributed by atoms with Gasteiger partial charge in [-0.25, -0.2) is 8.42 Å². The Labute approximate surface area is 166 Å². The molecule has 0 heterocycles. The molecule has 0 spiro atoms. The monoisotopic (exact) mass is 398 g/mol. The molecule has 1 amide bonds. The maximum atomic E-state index is 13.0. The minimum absolute atomic E-state index is 0.185. The third-order valence-corrected chi connectivity index (χ3v) is 7.17. The molecule has 28 heavy (non-hydrogen) atoms. The minimum atomic E-state index is -3.55. The van der Waals surface area contributed by atoms with Crippen molar-refractivity contribution < 1.29 is 13.2 Å². The van der Waals surface area contributed by atoms with Crippen molar-refractivity contribution in [2.45, 2.75) is 38.3 Å². The molecular formula is C22H26N2O3S. The van der Waals surface area contributed by atoms with E-state index in [1.54, 1.807) is 24.3 Å². The van der Waals surface area contributed by atoms with Gasteiger partial charge in [-0.05, 0) is 48.8 Å². The Kier molecular flexibility index (Phi) is 5.15. The summed E-state index contributed by atoms with van der Waals surface area (Å²) in [4.78, 5) is 13.0. The lowest BCUT2D eigenvalue weighted by Gasteiger charge is -2.27. The Morgan fingerprint density at radius 3 is 2.39 bits per heavy atom. The van der Waals surface area contributed by atoms with Crippen LogP contribution in [0.4, 0.5) is 5.69 Å². The van der Waals surface area contributed by atoms with Crippen LogP contribution in [-0.2, 0) is 16.6 Å². The van der Waals surface area contributed by atoms with Gasteiger partial charge < -0.3 is 5.32 Å². The van der Waals surface area contributed by atoms with Crippen LogP contribution in [0.2, 0.25) is 0 Å². The Balaban J connectivity index is 1.62. The molecule has 0 aliphatic heterocycles. The van der Waals surface area contributed by atoms with Crippen molar-refractivity contribution in [2.75, 3.05) is 10.6 Å². The Morgan fingerprint density at radius 2 is 1.75 bits per heavy atom. The molecule has 0 radical (unpaired) electrons. The van der Waals surface area contributed by atoms with Crippen LogP contribution < -0.4 is 9.62 Å². The smallest absolute Gasteiger partial charge is 0.253 e. The van der Waals surface area contributed by atoms with E-state index in [0.717, 1.165) is 17.9 Å². The molecule has 6 heteroatoms. The molecule has 1 N–H and O–H groups in total. The number of hydrogen-bond donors (Lipinski definition) is 1. The van der Waals surface area contributed by atoms with Crippen molar-refractivity contribution in [3.63, 3.8) is 0 Å². The van der Waals surface area contributed by atoms with Gasteiger partial charge in [0.05, 0.1) is 24.1 Å². The molecule has 2 aromatic rings. The van der Waals surface area contributed by atoms with Crippen LogP contribution in [0.25, 0.3) is 0 Å². The van der Waals surface area contributed by atoms with E-state index in [4.69, 9.17) is 0 Å². The van der Waals surface area contributed by atoms with Crippen LogP contribution in [-0.4, -0.2) is 26.6 Å². The van der Waals surface area contributed by atoms with E-state index in [0.29, 0.717) is 17.2 Å². The largest absolute Gasteiger partial charge is 0.349 e. The number of benzene rings is 2. The summed E-state index contributed by atoms with van der Waals surface area (Å²) >= 11 is 0. The molecule has 2 aliphatic rings. The molecule has 2 saturated carbocycles. The molecule has 0 aromatic heterocycles. The lowest BCUT2D eigenvalue weighted by Crippen LogP contribution is -2.39. The highest BCUT2D eigenvalue weighted by Gasteiger charge is 2.40. The fraction of sp³-hybridized carbons (Fsp3) is 0.409. The SMILES string of the molecule is CS(=O)(=O)N(Cc1ccccc1)c1ccccc1C(=O)N[C@@H]1C[C@@H]2CC[C@H]1C2. The molecule has 2 bridgehead atoms. The zero-order chi connectivity index (χ0) is 19.7. The summed E-state index contributed by atoms with van der Waals surface area (Å²) in [5.74, 6) is 1.11. The number of amides is 1. The van der Waals surface area contributed by atoms with Crippen molar-refractivity contribution in [3.8, 4) is 0 Å². The van der Waals surface area contributed by atoms with Gasteiger partial charge in [0.1, 0.15) is 0 Å². The van der Waals surface area contributed by atoms with E-state index in [2.05, 4.69) is 5.32 Å².